The summed E-state index contributed by atoms with van der Waals surface area (Å²) in [4.78, 5) is 26.2. The summed E-state index contributed by atoms with van der Waals surface area (Å²) in [6, 6.07) is 24.8. The van der Waals surface area contributed by atoms with Gasteiger partial charge in [-0.25, -0.2) is 0 Å². The fourth-order valence-corrected chi connectivity index (χ4v) is 3.88. The van der Waals surface area contributed by atoms with E-state index in [1.54, 1.807) is 74.0 Å². The van der Waals surface area contributed by atoms with E-state index >= 15 is 0 Å². The van der Waals surface area contributed by atoms with Crippen LogP contribution in [0.5, 0.6) is 17.2 Å². The van der Waals surface area contributed by atoms with E-state index in [1.807, 2.05) is 31.2 Å². The van der Waals surface area contributed by atoms with Gasteiger partial charge in [0.1, 0.15) is 17.3 Å². The van der Waals surface area contributed by atoms with Crippen molar-refractivity contribution >= 4 is 17.3 Å². The maximum atomic E-state index is 13.6. The number of hydrogen-bond donors (Lipinski definition) is 2. The first-order valence-electron chi connectivity index (χ1n) is 12.2. The normalized spacial score (nSPS) is 10.6. The van der Waals surface area contributed by atoms with Crippen LogP contribution in [0.1, 0.15) is 21.7 Å². The Bertz CT molecular complexity index is 1630. The van der Waals surface area contributed by atoms with E-state index in [2.05, 4.69) is 15.7 Å². The van der Waals surface area contributed by atoms with Crippen LogP contribution in [0.3, 0.4) is 0 Å². The zero-order valence-electron chi connectivity index (χ0n) is 21.4. The molecule has 39 heavy (non-hydrogen) atoms. The summed E-state index contributed by atoms with van der Waals surface area (Å²) in [5.74, 6) is 1.92. The predicted octanol–water partition coefficient (Wildman–Crippen LogP) is 5.61. The van der Waals surface area contributed by atoms with E-state index in [1.165, 1.54) is 10.9 Å². The Morgan fingerprint density at radius 3 is 2.46 bits per heavy atom. The molecule has 0 aliphatic carbocycles. The number of anilines is 2. The Balaban J connectivity index is 1.43. The first-order valence-corrected chi connectivity index (χ1v) is 12.2. The third-order valence-electron chi connectivity index (χ3n) is 5.90. The molecule has 2 heterocycles. The van der Waals surface area contributed by atoms with Crippen molar-refractivity contribution in [3.63, 3.8) is 0 Å². The minimum atomic E-state index is -0.411. The molecule has 5 rings (SSSR count). The zero-order valence-corrected chi connectivity index (χ0v) is 21.4. The summed E-state index contributed by atoms with van der Waals surface area (Å²) >= 11 is 0. The van der Waals surface area contributed by atoms with Crippen LogP contribution in [-0.2, 0) is 6.54 Å². The number of furan rings is 1. The van der Waals surface area contributed by atoms with Crippen LogP contribution in [0, 0.1) is 6.92 Å². The lowest BCUT2D eigenvalue weighted by molar-refractivity contribution is 0.0948. The Kier molecular flexibility index (Phi) is 7.40. The lowest BCUT2D eigenvalue weighted by atomic mass is 10.2. The van der Waals surface area contributed by atoms with Crippen molar-refractivity contribution in [3.8, 4) is 22.9 Å². The van der Waals surface area contributed by atoms with Gasteiger partial charge in [0.15, 0.2) is 11.4 Å². The molecule has 0 aliphatic heterocycles. The number of nitrogens with zero attached hydrogens (tertiary/aromatic N) is 2. The van der Waals surface area contributed by atoms with Crippen molar-refractivity contribution in [2.75, 3.05) is 12.4 Å². The van der Waals surface area contributed by atoms with Crippen LogP contribution in [-0.4, -0.2) is 22.8 Å². The standard InChI is InChI=1S/C30H26N4O5/c1-20-5-3-6-25(17-20)39-27-19-32-34(23-12-14-24(37-2)15-13-23)30(36)28(27)33-22-10-8-21(9-11-22)29(35)31-18-26-7-4-16-38-26/h3-17,19,33H,18H2,1-2H3,(H,31,35). The summed E-state index contributed by atoms with van der Waals surface area (Å²) in [5.41, 5.74) is 2.42. The molecular weight excluding hydrogens is 496 g/mol. The minimum absolute atomic E-state index is 0.192. The quantitative estimate of drug-likeness (QED) is 0.259. The highest BCUT2D eigenvalue weighted by Gasteiger charge is 2.16. The van der Waals surface area contributed by atoms with Crippen LogP contribution in [0.25, 0.3) is 5.69 Å². The van der Waals surface area contributed by atoms with Crippen LogP contribution < -0.4 is 25.7 Å². The molecule has 0 aliphatic rings. The van der Waals surface area contributed by atoms with E-state index < -0.39 is 5.56 Å². The molecular formula is C30H26N4O5. The molecule has 3 aromatic carbocycles. The van der Waals surface area contributed by atoms with Gasteiger partial charge in [-0.3, -0.25) is 9.59 Å². The van der Waals surface area contributed by atoms with Crippen molar-refractivity contribution in [2.45, 2.75) is 13.5 Å². The molecule has 0 saturated carbocycles. The molecule has 2 aromatic heterocycles. The van der Waals surface area contributed by atoms with Crippen molar-refractivity contribution in [2.24, 2.45) is 0 Å². The predicted molar refractivity (Wildman–Crippen MR) is 147 cm³/mol. The summed E-state index contributed by atoms with van der Waals surface area (Å²) in [6.45, 7) is 2.24. The molecule has 0 spiro atoms. The number of rotatable bonds is 9. The van der Waals surface area contributed by atoms with Gasteiger partial charge in [0.25, 0.3) is 11.5 Å². The smallest absolute Gasteiger partial charge is 0.299 e. The van der Waals surface area contributed by atoms with Crippen LogP contribution in [0.15, 0.2) is 107 Å². The van der Waals surface area contributed by atoms with Crippen molar-refractivity contribution < 1.29 is 18.7 Å². The van der Waals surface area contributed by atoms with E-state index in [0.29, 0.717) is 34.2 Å². The third kappa shape index (κ3) is 5.99. The van der Waals surface area contributed by atoms with Gasteiger partial charge in [-0.1, -0.05) is 12.1 Å². The Morgan fingerprint density at radius 2 is 1.77 bits per heavy atom. The highest BCUT2D eigenvalue weighted by Crippen LogP contribution is 2.29. The van der Waals surface area contributed by atoms with Crippen LogP contribution >= 0.6 is 0 Å². The number of carbonyl (C=O) groups is 1. The lowest BCUT2D eigenvalue weighted by Gasteiger charge is -2.15. The molecule has 196 valence electrons. The van der Waals surface area contributed by atoms with Gasteiger partial charge >= 0.3 is 0 Å². The Labute approximate surface area is 224 Å². The van der Waals surface area contributed by atoms with E-state index in [4.69, 9.17) is 13.9 Å². The fraction of sp³-hybridized carbons (Fsp3) is 0.100. The second kappa shape index (κ2) is 11.4. The first kappa shape index (κ1) is 25.3. The summed E-state index contributed by atoms with van der Waals surface area (Å²) in [5, 5.41) is 10.3. The second-order valence-corrected chi connectivity index (χ2v) is 8.68. The number of aryl methyl sites for hydroxylation is 1. The number of carbonyl (C=O) groups excluding carboxylic acids is 1. The van der Waals surface area contributed by atoms with Gasteiger partial charge in [0.2, 0.25) is 0 Å². The molecule has 2 N–H and O–H groups in total. The summed E-state index contributed by atoms with van der Waals surface area (Å²) in [6.07, 6.45) is 3.05. The number of methoxy groups -OCH3 is 1. The van der Waals surface area contributed by atoms with Gasteiger partial charge < -0.3 is 24.5 Å². The van der Waals surface area contributed by atoms with Crippen LogP contribution in [0.2, 0.25) is 0 Å². The number of hydrogen-bond acceptors (Lipinski definition) is 7. The SMILES string of the molecule is COc1ccc(-n2ncc(Oc3cccc(C)c3)c(Nc3ccc(C(=O)NCc4ccco4)cc3)c2=O)cc1. The van der Waals surface area contributed by atoms with Gasteiger partial charge in [-0.05, 0) is 85.3 Å². The molecule has 0 radical (unpaired) electrons. The molecule has 0 saturated heterocycles. The second-order valence-electron chi connectivity index (χ2n) is 8.68. The lowest BCUT2D eigenvalue weighted by Crippen LogP contribution is -2.24. The minimum Gasteiger partial charge on any atom is -0.497 e. The average Bonchev–Trinajstić information content (AvgIpc) is 3.48. The van der Waals surface area contributed by atoms with E-state index in [0.717, 1.165) is 5.56 Å². The molecule has 0 fully saturated rings. The first-order chi connectivity index (χ1) is 19.0. The molecule has 5 aromatic rings. The van der Waals surface area contributed by atoms with Crippen molar-refractivity contribution in [3.05, 3.63) is 125 Å². The maximum Gasteiger partial charge on any atom is 0.299 e. The van der Waals surface area contributed by atoms with Gasteiger partial charge in [0, 0.05) is 11.3 Å². The van der Waals surface area contributed by atoms with E-state index in [-0.39, 0.29) is 23.9 Å². The number of benzene rings is 3. The topological polar surface area (TPSA) is 108 Å². The van der Waals surface area contributed by atoms with Gasteiger partial charge in [0.05, 0.1) is 31.8 Å². The summed E-state index contributed by atoms with van der Waals surface area (Å²) < 4.78 is 17.8. The van der Waals surface area contributed by atoms with E-state index in [9.17, 15) is 9.59 Å². The average molecular weight is 523 g/mol. The molecule has 0 bridgehead atoms. The van der Waals surface area contributed by atoms with Crippen LogP contribution in [0.4, 0.5) is 11.4 Å². The molecule has 1 amide bonds. The number of amides is 1. The molecule has 0 unspecified atom stereocenters. The zero-order chi connectivity index (χ0) is 27.2. The largest absolute Gasteiger partial charge is 0.497 e. The highest BCUT2D eigenvalue weighted by molar-refractivity contribution is 5.94. The third-order valence-corrected chi connectivity index (χ3v) is 5.90. The Hall–Kier alpha value is -5.31. The van der Waals surface area contributed by atoms with Gasteiger partial charge in [-0.2, -0.15) is 9.78 Å². The summed E-state index contributed by atoms with van der Waals surface area (Å²) in [7, 11) is 1.58. The number of ether oxygens (including phenoxy) is 2. The Morgan fingerprint density at radius 1 is 0.974 bits per heavy atom. The molecule has 0 atom stereocenters. The fourth-order valence-electron chi connectivity index (χ4n) is 3.88. The maximum absolute atomic E-state index is 13.6. The highest BCUT2D eigenvalue weighted by atomic mass is 16.5. The van der Waals surface area contributed by atoms with Crippen molar-refractivity contribution in [1.82, 2.24) is 15.1 Å². The monoisotopic (exact) mass is 522 g/mol. The van der Waals surface area contributed by atoms with Crippen molar-refractivity contribution in [1.29, 1.82) is 0 Å². The number of aromatic nitrogens is 2. The number of nitrogens with one attached hydrogen (secondary N) is 2. The van der Waals surface area contributed by atoms with Gasteiger partial charge in [-0.15, -0.1) is 0 Å². The molecule has 9 nitrogen and oxygen atoms in total. The molecule has 9 heteroatoms.